The minimum Gasteiger partial charge on any atom is -0.506 e. The number of nitrogens with one attached hydrogen (secondary N) is 1. The number of rotatable bonds is 5. The summed E-state index contributed by atoms with van der Waals surface area (Å²) in [6.45, 7) is 3.17. The second kappa shape index (κ2) is 6.49. The fraction of sp³-hybridized carbons (Fsp3) is 0.643. The summed E-state index contributed by atoms with van der Waals surface area (Å²) in [6.07, 6.45) is 3.02. The Morgan fingerprint density at radius 1 is 1.35 bits per heavy atom. The Kier molecular flexibility index (Phi) is 4.93. The lowest BCUT2D eigenvalue weighted by molar-refractivity contribution is 0.0110. The third kappa shape index (κ3) is 3.09. The Morgan fingerprint density at radius 3 is 2.65 bits per heavy atom. The molecule has 1 aliphatic heterocycles. The van der Waals surface area contributed by atoms with Crippen molar-refractivity contribution in [1.82, 2.24) is 10.3 Å². The number of aryl methyl sites for hydroxylation is 1. The molecule has 0 saturated carbocycles. The Morgan fingerprint density at radius 2 is 2.05 bits per heavy atom. The molecule has 1 aromatic heterocycles. The van der Waals surface area contributed by atoms with Crippen molar-refractivity contribution in [3.63, 3.8) is 0 Å². The molecule has 0 unspecified atom stereocenters. The van der Waals surface area contributed by atoms with E-state index in [1.54, 1.807) is 13.1 Å². The van der Waals surface area contributed by atoms with Crippen LogP contribution in [-0.4, -0.2) is 45.7 Å². The van der Waals surface area contributed by atoms with E-state index in [2.05, 4.69) is 10.3 Å². The number of hydrogen-bond acceptors (Lipinski definition) is 6. The van der Waals surface area contributed by atoms with Gasteiger partial charge in [0.25, 0.3) is 0 Å². The van der Waals surface area contributed by atoms with E-state index in [0.717, 1.165) is 12.8 Å². The number of aliphatic hydroxyl groups is 2. The monoisotopic (exact) mass is 282 g/mol. The van der Waals surface area contributed by atoms with Crippen LogP contribution in [-0.2, 0) is 17.9 Å². The van der Waals surface area contributed by atoms with E-state index in [4.69, 9.17) is 4.74 Å². The summed E-state index contributed by atoms with van der Waals surface area (Å²) in [4.78, 5) is 4.04. The number of aromatic nitrogens is 1. The Hall–Kier alpha value is -1.21. The van der Waals surface area contributed by atoms with Gasteiger partial charge in [0.1, 0.15) is 5.75 Å². The van der Waals surface area contributed by atoms with Gasteiger partial charge in [0, 0.05) is 42.6 Å². The number of ether oxygens (including phenoxy) is 1. The molecule has 0 aromatic carbocycles. The van der Waals surface area contributed by atoms with E-state index in [-0.39, 0.29) is 24.5 Å². The summed E-state index contributed by atoms with van der Waals surface area (Å²) in [7, 11) is 0. The maximum atomic E-state index is 10.1. The smallest absolute Gasteiger partial charge is 0.141 e. The Labute approximate surface area is 118 Å². The normalized spacial score (nSPS) is 18.1. The van der Waals surface area contributed by atoms with Crippen LogP contribution in [0.3, 0.4) is 0 Å². The lowest BCUT2D eigenvalue weighted by Crippen LogP contribution is -2.52. The van der Waals surface area contributed by atoms with Crippen molar-refractivity contribution in [3.8, 4) is 5.75 Å². The second-order valence-electron chi connectivity index (χ2n) is 5.26. The largest absolute Gasteiger partial charge is 0.506 e. The molecule has 2 rings (SSSR count). The molecule has 0 aliphatic carbocycles. The highest BCUT2D eigenvalue weighted by Crippen LogP contribution is 2.26. The minimum absolute atomic E-state index is 0.0235. The van der Waals surface area contributed by atoms with Crippen LogP contribution in [0.2, 0.25) is 0 Å². The molecule has 0 bridgehead atoms. The fourth-order valence-electron chi connectivity index (χ4n) is 2.45. The summed E-state index contributed by atoms with van der Waals surface area (Å²) in [5.74, 6) is 0.101. The fourth-order valence-corrected chi connectivity index (χ4v) is 2.45. The lowest BCUT2D eigenvalue weighted by atomic mass is 9.90. The molecular formula is C14H22N2O4. The van der Waals surface area contributed by atoms with Crippen LogP contribution >= 0.6 is 0 Å². The van der Waals surface area contributed by atoms with Crippen LogP contribution in [0.25, 0.3) is 0 Å². The number of hydrogen-bond donors (Lipinski definition) is 4. The van der Waals surface area contributed by atoms with Gasteiger partial charge in [-0.15, -0.1) is 0 Å². The predicted molar refractivity (Wildman–Crippen MR) is 73.3 cm³/mol. The first-order chi connectivity index (χ1) is 9.62. The lowest BCUT2D eigenvalue weighted by Gasteiger charge is -2.36. The van der Waals surface area contributed by atoms with Gasteiger partial charge in [-0.25, -0.2) is 0 Å². The maximum Gasteiger partial charge on any atom is 0.141 e. The van der Waals surface area contributed by atoms with Gasteiger partial charge < -0.3 is 25.4 Å². The van der Waals surface area contributed by atoms with E-state index < -0.39 is 0 Å². The summed E-state index contributed by atoms with van der Waals surface area (Å²) in [5.41, 5.74) is 1.39. The first kappa shape index (κ1) is 15.2. The van der Waals surface area contributed by atoms with Crippen molar-refractivity contribution in [2.24, 2.45) is 0 Å². The SMILES string of the molecule is Cc1ncc(CO)c(CNC2(CO)CCOCC2)c1O. The first-order valence-electron chi connectivity index (χ1n) is 6.83. The van der Waals surface area contributed by atoms with Crippen LogP contribution in [0.4, 0.5) is 0 Å². The van der Waals surface area contributed by atoms with Crippen molar-refractivity contribution < 1.29 is 20.1 Å². The van der Waals surface area contributed by atoms with Gasteiger partial charge in [-0.05, 0) is 19.8 Å². The molecular weight excluding hydrogens is 260 g/mol. The molecule has 0 amide bonds. The zero-order valence-corrected chi connectivity index (χ0v) is 11.7. The molecule has 2 heterocycles. The van der Waals surface area contributed by atoms with E-state index in [9.17, 15) is 15.3 Å². The molecule has 1 saturated heterocycles. The first-order valence-corrected chi connectivity index (χ1v) is 6.83. The maximum absolute atomic E-state index is 10.1. The molecule has 20 heavy (non-hydrogen) atoms. The van der Waals surface area contributed by atoms with Crippen LogP contribution in [0.15, 0.2) is 6.20 Å². The highest BCUT2D eigenvalue weighted by molar-refractivity contribution is 5.40. The molecule has 1 aromatic rings. The zero-order chi connectivity index (χ0) is 14.6. The van der Waals surface area contributed by atoms with Crippen LogP contribution in [0.1, 0.15) is 29.7 Å². The van der Waals surface area contributed by atoms with Crippen LogP contribution in [0.5, 0.6) is 5.75 Å². The number of pyridine rings is 1. The Bertz CT molecular complexity index is 459. The van der Waals surface area contributed by atoms with Crippen molar-refractivity contribution in [2.75, 3.05) is 19.8 Å². The van der Waals surface area contributed by atoms with Crippen molar-refractivity contribution in [1.29, 1.82) is 0 Å². The van der Waals surface area contributed by atoms with Gasteiger partial charge in [-0.3, -0.25) is 4.98 Å². The third-order valence-electron chi connectivity index (χ3n) is 3.99. The van der Waals surface area contributed by atoms with Gasteiger partial charge in [0.05, 0.1) is 18.9 Å². The van der Waals surface area contributed by atoms with Crippen LogP contribution in [0, 0.1) is 6.92 Å². The Balaban J connectivity index is 2.15. The average Bonchev–Trinajstić information content (AvgIpc) is 2.49. The molecule has 0 radical (unpaired) electrons. The van der Waals surface area contributed by atoms with E-state index in [0.29, 0.717) is 36.6 Å². The highest BCUT2D eigenvalue weighted by Gasteiger charge is 2.31. The van der Waals surface area contributed by atoms with Gasteiger partial charge >= 0.3 is 0 Å². The molecule has 4 N–H and O–H groups in total. The molecule has 112 valence electrons. The van der Waals surface area contributed by atoms with Crippen molar-refractivity contribution in [2.45, 2.75) is 38.5 Å². The zero-order valence-electron chi connectivity index (χ0n) is 11.7. The summed E-state index contributed by atoms with van der Waals surface area (Å²) < 4.78 is 5.32. The average molecular weight is 282 g/mol. The quantitative estimate of drug-likeness (QED) is 0.617. The summed E-state index contributed by atoms with van der Waals surface area (Å²) in [6, 6.07) is 0. The van der Waals surface area contributed by atoms with Crippen molar-refractivity contribution >= 4 is 0 Å². The summed E-state index contributed by atoms with van der Waals surface area (Å²) >= 11 is 0. The molecule has 6 heteroatoms. The third-order valence-corrected chi connectivity index (χ3v) is 3.99. The van der Waals surface area contributed by atoms with Gasteiger partial charge in [-0.1, -0.05) is 0 Å². The number of nitrogens with zero attached hydrogens (tertiary/aromatic N) is 1. The standard InChI is InChI=1S/C14H22N2O4/c1-10-13(19)12(11(8-17)6-15-10)7-16-14(9-18)2-4-20-5-3-14/h6,16-19H,2-5,7-9H2,1H3. The van der Waals surface area contributed by atoms with Gasteiger partial charge in [0.2, 0.25) is 0 Å². The van der Waals surface area contributed by atoms with E-state index in [1.165, 1.54) is 0 Å². The predicted octanol–water partition coefficient (Wildman–Crippen LogP) is 0.219. The summed E-state index contributed by atoms with van der Waals surface area (Å²) in [5, 5.41) is 32.4. The molecule has 1 fully saturated rings. The van der Waals surface area contributed by atoms with Crippen molar-refractivity contribution in [3.05, 3.63) is 23.0 Å². The van der Waals surface area contributed by atoms with Crippen LogP contribution < -0.4 is 5.32 Å². The number of aromatic hydroxyl groups is 1. The topological polar surface area (TPSA) is 94.8 Å². The second-order valence-corrected chi connectivity index (χ2v) is 5.26. The molecule has 0 atom stereocenters. The highest BCUT2D eigenvalue weighted by atomic mass is 16.5. The van der Waals surface area contributed by atoms with Gasteiger partial charge in [0.15, 0.2) is 0 Å². The molecule has 1 aliphatic rings. The van der Waals surface area contributed by atoms with E-state index in [1.807, 2.05) is 0 Å². The molecule has 0 spiro atoms. The minimum atomic E-state index is -0.380. The molecule has 6 nitrogen and oxygen atoms in total. The number of aliphatic hydroxyl groups excluding tert-OH is 2. The van der Waals surface area contributed by atoms with E-state index >= 15 is 0 Å². The van der Waals surface area contributed by atoms with Gasteiger partial charge in [-0.2, -0.15) is 0 Å².